The van der Waals surface area contributed by atoms with Crippen molar-refractivity contribution in [3.05, 3.63) is 35.4 Å². The van der Waals surface area contributed by atoms with Crippen LogP contribution >= 0.6 is 0 Å². The first-order valence-electron chi connectivity index (χ1n) is 4.95. The monoisotopic (exact) mass is 193 g/mol. The zero-order chi connectivity index (χ0) is 10.6. The van der Waals surface area contributed by atoms with E-state index in [1.807, 2.05) is 6.07 Å². The zero-order valence-corrected chi connectivity index (χ0v) is 9.17. The normalized spacial score (nSPS) is 11.7. The predicted octanol–water partition coefficient (Wildman–Crippen LogP) is 2.02. The van der Waals surface area contributed by atoms with Gasteiger partial charge in [-0.2, -0.15) is 0 Å². The van der Waals surface area contributed by atoms with E-state index < -0.39 is 0 Å². The van der Waals surface area contributed by atoms with Gasteiger partial charge in [-0.1, -0.05) is 45.0 Å². The molecule has 14 heavy (non-hydrogen) atoms. The number of rotatable bonds is 3. The Balaban J connectivity index is 2.92. The Labute approximate surface area is 86.0 Å². The van der Waals surface area contributed by atoms with Crippen LogP contribution in [0.4, 0.5) is 0 Å². The van der Waals surface area contributed by atoms with Crippen molar-refractivity contribution in [3.8, 4) is 0 Å². The zero-order valence-electron chi connectivity index (χ0n) is 9.17. The van der Waals surface area contributed by atoms with Gasteiger partial charge >= 0.3 is 0 Å². The minimum Gasteiger partial charge on any atom is -0.381 e. The van der Waals surface area contributed by atoms with Gasteiger partial charge in [-0.25, -0.2) is 0 Å². The Kier molecular flexibility index (Phi) is 3.67. The third-order valence-corrected chi connectivity index (χ3v) is 2.25. The van der Waals surface area contributed by atoms with Crippen molar-refractivity contribution in [2.45, 2.75) is 32.7 Å². The average molecular weight is 193 g/mol. The minimum atomic E-state index is 0.0263. The van der Waals surface area contributed by atoms with Gasteiger partial charge in [0.15, 0.2) is 0 Å². The SMILES string of the molecule is CC(C)(C)c1ccccc1CNCO. The van der Waals surface area contributed by atoms with Crippen molar-refractivity contribution < 1.29 is 5.11 Å². The summed E-state index contributed by atoms with van der Waals surface area (Å²) in [6, 6.07) is 8.34. The van der Waals surface area contributed by atoms with E-state index in [0.29, 0.717) is 0 Å². The molecule has 2 nitrogen and oxygen atoms in total. The Morgan fingerprint density at radius 1 is 1.21 bits per heavy atom. The predicted molar refractivity (Wildman–Crippen MR) is 59.1 cm³/mol. The van der Waals surface area contributed by atoms with E-state index in [-0.39, 0.29) is 12.1 Å². The van der Waals surface area contributed by atoms with Crippen molar-refractivity contribution in [1.29, 1.82) is 0 Å². The summed E-state index contributed by atoms with van der Waals surface area (Å²) in [5.74, 6) is 0. The lowest BCUT2D eigenvalue weighted by molar-refractivity contribution is 0.259. The molecule has 0 aliphatic heterocycles. The van der Waals surface area contributed by atoms with Crippen LogP contribution < -0.4 is 5.32 Å². The Bertz CT molecular complexity index is 289. The van der Waals surface area contributed by atoms with Crippen LogP contribution in [0.25, 0.3) is 0 Å². The highest BCUT2D eigenvalue weighted by molar-refractivity contribution is 5.32. The van der Waals surface area contributed by atoms with Crippen molar-refractivity contribution in [2.75, 3.05) is 6.73 Å². The molecular formula is C12H19NO. The van der Waals surface area contributed by atoms with Gasteiger partial charge in [-0.05, 0) is 16.5 Å². The van der Waals surface area contributed by atoms with Crippen molar-refractivity contribution in [3.63, 3.8) is 0 Å². The van der Waals surface area contributed by atoms with Gasteiger partial charge < -0.3 is 5.11 Å². The van der Waals surface area contributed by atoms with Gasteiger partial charge in [0.1, 0.15) is 0 Å². The summed E-state index contributed by atoms with van der Waals surface area (Å²) in [4.78, 5) is 0. The molecule has 0 aromatic heterocycles. The van der Waals surface area contributed by atoms with Crippen LogP contribution in [0.1, 0.15) is 31.9 Å². The molecule has 1 rings (SSSR count). The number of hydrogen-bond donors (Lipinski definition) is 2. The molecule has 0 saturated heterocycles. The minimum absolute atomic E-state index is 0.0263. The average Bonchev–Trinajstić information content (AvgIpc) is 2.14. The van der Waals surface area contributed by atoms with E-state index in [2.05, 4.69) is 44.3 Å². The van der Waals surface area contributed by atoms with Crippen LogP contribution in [0, 0.1) is 0 Å². The molecule has 0 radical (unpaired) electrons. The fraction of sp³-hybridized carbons (Fsp3) is 0.500. The summed E-state index contributed by atoms with van der Waals surface area (Å²) >= 11 is 0. The topological polar surface area (TPSA) is 32.3 Å². The number of nitrogens with one attached hydrogen (secondary N) is 1. The van der Waals surface area contributed by atoms with E-state index in [0.717, 1.165) is 6.54 Å². The third-order valence-electron chi connectivity index (χ3n) is 2.25. The van der Waals surface area contributed by atoms with Crippen molar-refractivity contribution in [2.24, 2.45) is 0 Å². The highest BCUT2D eigenvalue weighted by atomic mass is 16.3. The molecule has 0 aliphatic carbocycles. The fourth-order valence-electron chi connectivity index (χ4n) is 1.60. The number of aliphatic hydroxyl groups excluding tert-OH is 1. The maximum atomic E-state index is 8.71. The molecule has 0 aliphatic rings. The molecule has 2 heteroatoms. The van der Waals surface area contributed by atoms with Crippen LogP contribution in [0.2, 0.25) is 0 Å². The summed E-state index contributed by atoms with van der Waals surface area (Å²) in [6.45, 7) is 7.35. The summed E-state index contributed by atoms with van der Waals surface area (Å²) in [6.07, 6.45) is 0. The Hall–Kier alpha value is -0.860. The smallest absolute Gasteiger partial charge is 0.0934 e. The molecule has 0 spiro atoms. The quantitative estimate of drug-likeness (QED) is 0.720. The van der Waals surface area contributed by atoms with E-state index in [9.17, 15) is 0 Å². The van der Waals surface area contributed by atoms with E-state index in [4.69, 9.17) is 5.11 Å². The summed E-state index contributed by atoms with van der Waals surface area (Å²) < 4.78 is 0. The molecule has 0 saturated carbocycles. The van der Waals surface area contributed by atoms with Crippen molar-refractivity contribution in [1.82, 2.24) is 5.32 Å². The van der Waals surface area contributed by atoms with Gasteiger partial charge in [0, 0.05) is 6.54 Å². The largest absolute Gasteiger partial charge is 0.381 e. The third kappa shape index (κ3) is 2.82. The van der Waals surface area contributed by atoms with E-state index in [1.165, 1.54) is 11.1 Å². The maximum Gasteiger partial charge on any atom is 0.0934 e. The molecule has 0 amide bonds. The number of hydrogen-bond acceptors (Lipinski definition) is 2. The second kappa shape index (κ2) is 4.58. The highest BCUT2D eigenvalue weighted by Gasteiger charge is 2.16. The first-order valence-corrected chi connectivity index (χ1v) is 4.95. The van der Waals surface area contributed by atoms with Crippen LogP contribution in [-0.4, -0.2) is 11.8 Å². The van der Waals surface area contributed by atoms with Gasteiger partial charge in [0.05, 0.1) is 6.73 Å². The fourth-order valence-corrected chi connectivity index (χ4v) is 1.60. The molecule has 0 unspecified atom stereocenters. The van der Waals surface area contributed by atoms with Gasteiger partial charge in [-0.15, -0.1) is 0 Å². The molecule has 0 atom stereocenters. The van der Waals surface area contributed by atoms with Crippen LogP contribution in [-0.2, 0) is 12.0 Å². The van der Waals surface area contributed by atoms with Crippen LogP contribution in [0.15, 0.2) is 24.3 Å². The first kappa shape index (κ1) is 11.2. The van der Waals surface area contributed by atoms with Crippen molar-refractivity contribution >= 4 is 0 Å². The molecule has 1 aromatic carbocycles. The second-order valence-electron chi connectivity index (χ2n) is 4.49. The molecule has 2 N–H and O–H groups in total. The van der Waals surface area contributed by atoms with Gasteiger partial charge in [-0.3, -0.25) is 5.32 Å². The Morgan fingerprint density at radius 2 is 1.86 bits per heavy atom. The summed E-state index contributed by atoms with van der Waals surface area (Å²) in [5, 5.41) is 11.6. The molecule has 0 fully saturated rings. The van der Waals surface area contributed by atoms with Crippen LogP contribution in [0.3, 0.4) is 0 Å². The summed E-state index contributed by atoms with van der Waals surface area (Å²) in [7, 11) is 0. The van der Waals surface area contributed by atoms with E-state index in [1.54, 1.807) is 0 Å². The highest BCUT2D eigenvalue weighted by Crippen LogP contribution is 2.25. The lowest BCUT2D eigenvalue weighted by Gasteiger charge is -2.22. The standard InChI is InChI=1S/C12H19NO/c1-12(2,3)11-7-5-4-6-10(11)8-13-9-14/h4-7,13-14H,8-9H2,1-3H3. The molecule has 1 aromatic rings. The number of benzene rings is 1. The molecule has 0 heterocycles. The van der Waals surface area contributed by atoms with E-state index >= 15 is 0 Å². The lowest BCUT2D eigenvalue weighted by atomic mass is 9.84. The molecular weight excluding hydrogens is 174 g/mol. The summed E-state index contributed by atoms with van der Waals surface area (Å²) in [5.41, 5.74) is 2.75. The number of aliphatic hydroxyl groups is 1. The van der Waals surface area contributed by atoms with Crippen LogP contribution in [0.5, 0.6) is 0 Å². The second-order valence-corrected chi connectivity index (χ2v) is 4.49. The molecule has 78 valence electrons. The molecule has 0 bridgehead atoms. The lowest BCUT2D eigenvalue weighted by Crippen LogP contribution is -2.19. The van der Waals surface area contributed by atoms with Gasteiger partial charge in [0.2, 0.25) is 0 Å². The Morgan fingerprint density at radius 3 is 2.43 bits per heavy atom. The maximum absolute atomic E-state index is 8.71. The first-order chi connectivity index (χ1) is 6.55. The van der Waals surface area contributed by atoms with Gasteiger partial charge in [0.25, 0.3) is 0 Å².